The van der Waals surface area contributed by atoms with Crippen molar-refractivity contribution in [2.45, 2.75) is 81.2 Å². The van der Waals surface area contributed by atoms with E-state index >= 15 is 0 Å². The number of carbonyl (C=O) groups is 2. The van der Waals surface area contributed by atoms with Crippen molar-refractivity contribution in [3.63, 3.8) is 0 Å². The van der Waals surface area contributed by atoms with Crippen LogP contribution < -0.4 is 29.0 Å². The molecule has 2 saturated heterocycles. The SMILES string of the molecule is C#CS[C@@H]1c2c(OC(C)=O)c(C)c3c(c2[C@H](COC(=O)[C@@H]2NCCc4c2oc2ccc(OC)cc42)N2C1[C@H]1c4c(cc(C)c(OC)c4O)C4(C)C[C@]2(O)CN14)OCO3. The number of rotatable bonds is 7. The molecular weight excluding hydrogens is 767 g/mol. The van der Waals surface area contributed by atoms with Crippen LogP contribution in [-0.4, -0.2) is 84.4 Å². The summed E-state index contributed by atoms with van der Waals surface area (Å²) in [4.78, 5) is 31.5. The molecule has 2 bridgehead atoms. The molecule has 0 saturated carbocycles. The minimum atomic E-state index is -1.48. The number of methoxy groups -OCH3 is 2. The number of esters is 2. The molecule has 7 heterocycles. The van der Waals surface area contributed by atoms with Gasteiger partial charge in [0.25, 0.3) is 0 Å². The number of aryl methyl sites for hydroxylation is 1. The number of benzene rings is 3. The summed E-state index contributed by atoms with van der Waals surface area (Å²) in [6.45, 7) is 7.48. The van der Waals surface area contributed by atoms with Crippen molar-refractivity contribution in [3.8, 4) is 46.2 Å². The zero-order valence-corrected chi connectivity index (χ0v) is 33.7. The second-order valence-electron chi connectivity index (χ2n) is 16.1. The Bertz CT molecular complexity index is 2510. The fourth-order valence-corrected chi connectivity index (χ4v) is 12.0. The monoisotopic (exact) mass is 809 g/mol. The zero-order valence-electron chi connectivity index (χ0n) is 32.9. The number of piperazine rings is 1. The van der Waals surface area contributed by atoms with Crippen molar-refractivity contribution in [1.29, 1.82) is 0 Å². The standard InChI is InChI=1S/C43H43N3O11S/c1-8-58-40-30-29(39-37(54-18-55-39)20(3)36(30)56-21(4)47)26(15-53-41(49)31-38-23(11-12-44-31)24-14-22(51-6)9-10-27(24)57-38)46-33(40)32-28-25(13-19(2)35(52-7)34(28)48)42(5)16-43(46,50)17-45(32)42/h1,9-10,13-14,26,31-33,40,44,48,50H,11-12,15-18H2,2-7H3/t26-,31+,32+,33?,40+,42?,43-/m0/s1. The van der Waals surface area contributed by atoms with Crippen molar-refractivity contribution in [2.75, 3.05) is 40.7 Å². The zero-order chi connectivity index (χ0) is 40.6. The molecule has 58 heavy (non-hydrogen) atoms. The smallest absolute Gasteiger partial charge is 0.331 e. The molecule has 6 aliphatic rings. The van der Waals surface area contributed by atoms with Crippen LogP contribution >= 0.6 is 11.8 Å². The van der Waals surface area contributed by atoms with Crippen LogP contribution in [0.2, 0.25) is 0 Å². The normalized spacial score (nSPS) is 28.6. The van der Waals surface area contributed by atoms with E-state index in [0.29, 0.717) is 69.6 Å². The van der Waals surface area contributed by atoms with Gasteiger partial charge >= 0.3 is 11.9 Å². The Labute approximate surface area is 338 Å². The largest absolute Gasteiger partial charge is 0.504 e. The minimum absolute atomic E-state index is 0.0199. The summed E-state index contributed by atoms with van der Waals surface area (Å²) in [5.74, 6) is 1.47. The maximum Gasteiger partial charge on any atom is 0.331 e. The Morgan fingerprint density at radius 3 is 2.64 bits per heavy atom. The van der Waals surface area contributed by atoms with Gasteiger partial charge in [-0.15, -0.1) is 6.42 Å². The first-order valence-corrected chi connectivity index (χ1v) is 20.2. The number of ether oxygens (including phenoxy) is 6. The van der Waals surface area contributed by atoms with Gasteiger partial charge in [-0.3, -0.25) is 19.9 Å². The number of phenols is 1. The molecular formula is C43H43N3O11S. The first-order chi connectivity index (χ1) is 27.8. The lowest BCUT2D eigenvalue weighted by Crippen LogP contribution is -2.66. The Morgan fingerprint density at radius 1 is 1.10 bits per heavy atom. The number of aliphatic hydroxyl groups is 1. The molecule has 15 heteroatoms. The number of terminal acetylenes is 1. The molecule has 3 aromatic carbocycles. The van der Waals surface area contributed by atoms with E-state index < -0.39 is 52.6 Å². The van der Waals surface area contributed by atoms with Gasteiger partial charge in [-0.05, 0) is 67.8 Å². The number of furan rings is 1. The van der Waals surface area contributed by atoms with E-state index in [1.807, 2.05) is 36.1 Å². The number of hydrogen-bond donors (Lipinski definition) is 3. The number of nitrogens with zero attached hydrogens (tertiary/aromatic N) is 2. The lowest BCUT2D eigenvalue weighted by molar-refractivity contribution is -0.194. The maximum atomic E-state index is 14.4. The predicted molar refractivity (Wildman–Crippen MR) is 210 cm³/mol. The third kappa shape index (κ3) is 4.89. The Kier molecular flexibility index (Phi) is 8.30. The second-order valence-corrected chi connectivity index (χ2v) is 17.1. The molecule has 6 aliphatic heterocycles. The topological polar surface area (TPSA) is 162 Å². The average molecular weight is 810 g/mol. The van der Waals surface area contributed by atoms with Crippen molar-refractivity contribution < 1.29 is 52.6 Å². The summed E-state index contributed by atoms with van der Waals surface area (Å²) < 4.78 is 42.2. The fraction of sp³-hybridized carbons (Fsp3) is 0.442. The number of hydrogen-bond acceptors (Lipinski definition) is 15. The average Bonchev–Trinajstić information content (AvgIpc) is 3.94. The van der Waals surface area contributed by atoms with Gasteiger partial charge in [-0.25, -0.2) is 4.79 Å². The summed E-state index contributed by atoms with van der Waals surface area (Å²) in [5.41, 5.74) is 3.35. The summed E-state index contributed by atoms with van der Waals surface area (Å²) in [7, 11) is 3.13. The van der Waals surface area contributed by atoms with Crippen molar-refractivity contribution in [1.82, 2.24) is 15.1 Å². The van der Waals surface area contributed by atoms with E-state index in [2.05, 4.69) is 22.4 Å². The lowest BCUT2D eigenvalue weighted by atomic mass is 9.75. The van der Waals surface area contributed by atoms with E-state index in [4.69, 9.17) is 39.3 Å². The third-order valence-electron chi connectivity index (χ3n) is 13.1. The molecule has 0 radical (unpaired) electrons. The summed E-state index contributed by atoms with van der Waals surface area (Å²) >= 11 is 1.19. The highest BCUT2D eigenvalue weighted by atomic mass is 32.2. The van der Waals surface area contributed by atoms with Crippen molar-refractivity contribution >= 4 is 34.7 Å². The maximum absolute atomic E-state index is 14.4. The van der Waals surface area contributed by atoms with Crippen molar-refractivity contribution in [3.05, 3.63) is 69.0 Å². The van der Waals surface area contributed by atoms with Gasteiger partial charge in [-0.1, -0.05) is 11.8 Å². The Morgan fingerprint density at radius 2 is 1.90 bits per heavy atom. The van der Waals surface area contributed by atoms with Gasteiger partial charge in [0.15, 0.2) is 29.0 Å². The van der Waals surface area contributed by atoms with Gasteiger partial charge < -0.3 is 43.1 Å². The number of carbonyl (C=O) groups excluding carboxylic acids is 2. The lowest BCUT2D eigenvalue weighted by Gasteiger charge is -2.58. The number of aromatic hydroxyl groups is 1. The molecule has 0 amide bonds. The van der Waals surface area contributed by atoms with E-state index in [0.717, 1.165) is 22.1 Å². The van der Waals surface area contributed by atoms with Crippen LogP contribution in [0.4, 0.5) is 0 Å². The van der Waals surface area contributed by atoms with E-state index in [9.17, 15) is 19.8 Å². The quantitative estimate of drug-likeness (QED) is 0.125. The molecule has 1 aromatic heterocycles. The van der Waals surface area contributed by atoms with E-state index in [1.165, 1.54) is 25.8 Å². The minimum Gasteiger partial charge on any atom is -0.504 e. The number of nitrogens with one attached hydrogen (secondary N) is 1. The first-order valence-electron chi connectivity index (χ1n) is 19.3. The summed E-state index contributed by atoms with van der Waals surface area (Å²) in [5, 5.41) is 31.5. The Balaban J connectivity index is 1.15. The summed E-state index contributed by atoms with van der Waals surface area (Å²) in [6, 6.07) is 4.62. The van der Waals surface area contributed by atoms with Crippen molar-refractivity contribution in [2.24, 2.45) is 0 Å². The van der Waals surface area contributed by atoms with Crippen LogP contribution in [-0.2, 0) is 26.3 Å². The van der Waals surface area contributed by atoms with Crippen LogP contribution in [0.1, 0.15) is 88.3 Å². The highest BCUT2D eigenvalue weighted by molar-refractivity contribution is 8.04. The van der Waals surface area contributed by atoms with E-state index in [-0.39, 0.29) is 37.9 Å². The van der Waals surface area contributed by atoms with Gasteiger partial charge in [0.05, 0.1) is 37.6 Å². The van der Waals surface area contributed by atoms with Gasteiger partial charge in [0.1, 0.15) is 35.2 Å². The van der Waals surface area contributed by atoms with Crippen LogP contribution in [0.3, 0.4) is 0 Å². The Hall–Kier alpha value is -5.11. The van der Waals surface area contributed by atoms with E-state index in [1.54, 1.807) is 14.0 Å². The fourth-order valence-electron chi connectivity index (χ4n) is 11.0. The van der Waals surface area contributed by atoms with Crippen LogP contribution in [0.25, 0.3) is 11.0 Å². The third-order valence-corrected chi connectivity index (χ3v) is 14.0. The molecule has 10 rings (SSSR count). The highest BCUT2D eigenvalue weighted by Crippen LogP contribution is 2.70. The molecule has 7 atom stereocenters. The number of fused-ring (bicyclic) bond motifs is 13. The second kappa shape index (κ2) is 12.9. The number of phenolic OH excluding ortho intramolecular Hbond substituents is 1. The highest BCUT2D eigenvalue weighted by Gasteiger charge is 2.71. The molecule has 14 nitrogen and oxygen atoms in total. The molecule has 4 aromatic rings. The molecule has 0 spiro atoms. The van der Waals surface area contributed by atoms with Gasteiger partial charge in [0, 0.05) is 65.2 Å². The molecule has 0 aliphatic carbocycles. The van der Waals surface area contributed by atoms with Crippen LogP contribution in [0.15, 0.2) is 28.7 Å². The van der Waals surface area contributed by atoms with Gasteiger partial charge in [0.2, 0.25) is 6.79 Å². The molecule has 2 fully saturated rings. The number of thioether (sulfide) groups is 1. The summed E-state index contributed by atoms with van der Waals surface area (Å²) in [6.07, 6.45) is 7.07. The molecule has 302 valence electrons. The van der Waals surface area contributed by atoms with Gasteiger partial charge in [-0.2, -0.15) is 0 Å². The first kappa shape index (κ1) is 37.2. The molecule has 2 unspecified atom stereocenters. The predicted octanol–water partition coefficient (Wildman–Crippen LogP) is 5.32. The van der Waals surface area contributed by atoms with Crippen LogP contribution in [0.5, 0.6) is 34.5 Å². The van der Waals surface area contributed by atoms with Crippen LogP contribution in [0, 0.1) is 25.5 Å². The molecule has 3 N–H and O–H groups in total.